The van der Waals surface area contributed by atoms with Gasteiger partial charge in [0.25, 0.3) is 0 Å². The minimum atomic E-state index is -0.530. The minimum absolute atomic E-state index is 0.119. The van der Waals surface area contributed by atoms with E-state index in [9.17, 15) is 9.18 Å². The second-order valence-electron chi connectivity index (χ2n) is 6.03. The normalized spacial score (nSPS) is 11.8. The second-order valence-corrected chi connectivity index (χ2v) is 6.43. The average molecular weight is 332 g/mol. The first-order valence-corrected chi connectivity index (χ1v) is 7.46. The van der Waals surface area contributed by atoms with E-state index in [0.717, 1.165) is 5.56 Å². The Balaban J connectivity index is 2.73. The lowest BCUT2D eigenvalue weighted by atomic mass is 10.2. The lowest BCUT2D eigenvalue weighted by Gasteiger charge is -2.25. The highest BCUT2D eigenvalue weighted by molar-refractivity contribution is 6.31. The van der Waals surface area contributed by atoms with E-state index in [1.807, 2.05) is 25.7 Å². The Morgan fingerprint density at radius 3 is 2.59 bits per heavy atom. The van der Waals surface area contributed by atoms with Crippen molar-refractivity contribution in [1.29, 1.82) is 0 Å². The van der Waals surface area contributed by atoms with Crippen molar-refractivity contribution in [2.24, 2.45) is 0 Å². The Morgan fingerprint density at radius 1 is 1.36 bits per heavy atom. The van der Waals surface area contributed by atoms with E-state index in [2.05, 4.69) is 0 Å². The van der Waals surface area contributed by atoms with Crippen molar-refractivity contribution in [1.82, 2.24) is 4.90 Å². The van der Waals surface area contributed by atoms with E-state index in [-0.39, 0.29) is 18.3 Å². The fourth-order valence-electron chi connectivity index (χ4n) is 1.88. The maximum absolute atomic E-state index is 13.1. The highest BCUT2D eigenvalue weighted by Crippen LogP contribution is 2.19. The van der Waals surface area contributed by atoms with Crippen molar-refractivity contribution < 1.29 is 18.7 Å². The molecule has 0 aliphatic rings. The fourth-order valence-corrected chi connectivity index (χ4v) is 2.11. The molecule has 1 aromatic carbocycles. The van der Waals surface area contributed by atoms with Gasteiger partial charge in [-0.15, -0.1) is 0 Å². The molecular formula is C16H23ClFNO3. The number of hydrogen-bond acceptors (Lipinski definition) is 4. The van der Waals surface area contributed by atoms with Crippen molar-refractivity contribution >= 4 is 17.6 Å². The molecule has 6 heteroatoms. The molecule has 0 bridgehead atoms. The molecule has 0 aliphatic heterocycles. The fraction of sp³-hybridized carbons (Fsp3) is 0.562. The maximum atomic E-state index is 13.1. The van der Waals surface area contributed by atoms with Crippen LogP contribution >= 0.6 is 11.6 Å². The molecule has 0 saturated carbocycles. The summed E-state index contributed by atoms with van der Waals surface area (Å²) in [5.74, 6) is -0.703. The number of hydrogen-bond donors (Lipinski definition) is 0. The van der Waals surface area contributed by atoms with Gasteiger partial charge in [-0.1, -0.05) is 17.7 Å². The molecule has 0 saturated heterocycles. The van der Waals surface area contributed by atoms with Crippen LogP contribution in [0.15, 0.2) is 18.2 Å². The molecule has 0 spiro atoms. The van der Waals surface area contributed by atoms with Crippen molar-refractivity contribution in [3.05, 3.63) is 34.6 Å². The van der Waals surface area contributed by atoms with Crippen molar-refractivity contribution in [3.8, 4) is 0 Å². The number of carbonyl (C=O) groups excluding carboxylic acids is 1. The van der Waals surface area contributed by atoms with Gasteiger partial charge in [-0.05, 0) is 38.5 Å². The van der Waals surface area contributed by atoms with E-state index in [1.165, 1.54) is 12.1 Å². The zero-order valence-corrected chi connectivity index (χ0v) is 14.2. The van der Waals surface area contributed by atoms with Gasteiger partial charge >= 0.3 is 5.97 Å². The molecule has 4 nitrogen and oxygen atoms in total. The molecular weight excluding hydrogens is 309 g/mol. The smallest absolute Gasteiger partial charge is 0.320 e. The van der Waals surface area contributed by atoms with Gasteiger partial charge in [-0.25, -0.2) is 4.39 Å². The van der Waals surface area contributed by atoms with Gasteiger partial charge < -0.3 is 9.47 Å². The van der Waals surface area contributed by atoms with Crippen LogP contribution in [0.25, 0.3) is 0 Å². The zero-order chi connectivity index (χ0) is 16.8. The van der Waals surface area contributed by atoms with Gasteiger partial charge in [0.2, 0.25) is 0 Å². The number of benzene rings is 1. The molecule has 0 fully saturated rings. The van der Waals surface area contributed by atoms with E-state index >= 15 is 0 Å². The van der Waals surface area contributed by atoms with Crippen LogP contribution in [0.4, 0.5) is 4.39 Å². The summed E-state index contributed by atoms with van der Waals surface area (Å²) in [6, 6.07) is 4.23. The van der Waals surface area contributed by atoms with E-state index in [1.54, 1.807) is 13.2 Å². The van der Waals surface area contributed by atoms with Gasteiger partial charge in [-0.3, -0.25) is 9.69 Å². The molecule has 22 heavy (non-hydrogen) atoms. The van der Waals surface area contributed by atoms with Crippen LogP contribution in [0.2, 0.25) is 5.02 Å². The Kier molecular flexibility index (Phi) is 7.26. The summed E-state index contributed by atoms with van der Waals surface area (Å²) in [5, 5.41) is 0.339. The molecule has 0 heterocycles. The summed E-state index contributed by atoms with van der Waals surface area (Å²) in [6.45, 7) is 7.02. The topological polar surface area (TPSA) is 38.8 Å². The summed E-state index contributed by atoms with van der Waals surface area (Å²) >= 11 is 6.04. The van der Waals surface area contributed by atoms with E-state index in [4.69, 9.17) is 21.1 Å². The minimum Gasteiger partial charge on any atom is -0.459 e. The highest BCUT2D eigenvalue weighted by atomic mass is 35.5. The Hall–Kier alpha value is -1.17. The molecule has 1 rings (SSSR count). The molecule has 1 aromatic rings. The number of esters is 1. The molecule has 0 unspecified atom stereocenters. The van der Waals surface area contributed by atoms with Crippen LogP contribution in [-0.2, 0) is 20.8 Å². The molecule has 0 N–H and O–H groups in total. The van der Waals surface area contributed by atoms with Crippen molar-refractivity contribution in [2.45, 2.75) is 32.9 Å². The highest BCUT2D eigenvalue weighted by Gasteiger charge is 2.19. The first kappa shape index (κ1) is 18.9. The third-order valence-corrected chi connectivity index (χ3v) is 3.15. The van der Waals surface area contributed by atoms with Crippen LogP contribution in [0.3, 0.4) is 0 Å². The quantitative estimate of drug-likeness (QED) is 0.719. The molecule has 124 valence electrons. The summed E-state index contributed by atoms with van der Waals surface area (Å²) in [7, 11) is 1.59. The van der Waals surface area contributed by atoms with Crippen molar-refractivity contribution in [2.75, 3.05) is 26.8 Å². The Labute approximate surface area is 136 Å². The summed E-state index contributed by atoms with van der Waals surface area (Å²) in [4.78, 5) is 13.8. The van der Waals surface area contributed by atoms with Gasteiger partial charge in [0, 0.05) is 25.2 Å². The average Bonchev–Trinajstić information content (AvgIpc) is 2.36. The summed E-state index contributed by atoms with van der Waals surface area (Å²) < 4.78 is 23.5. The SMILES string of the molecule is COCCN(CC(=O)OC(C)(C)C)Cc1ccc(F)cc1Cl. The monoisotopic (exact) mass is 331 g/mol. The lowest BCUT2D eigenvalue weighted by Crippen LogP contribution is -2.36. The molecule has 0 radical (unpaired) electrons. The standard InChI is InChI=1S/C16H23ClFNO3/c1-16(2,3)22-15(20)11-19(7-8-21-4)10-12-5-6-13(18)9-14(12)17/h5-6,9H,7-8,10-11H2,1-4H3. The van der Waals surface area contributed by atoms with Crippen LogP contribution in [0.5, 0.6) is 0 Å². The number of carbonyl (C=O) groups is 1. The molecule has 0 atom stereocenters. The van der Waals surface area contributed by atoms with E-state index in [0.29, 0.717) is 24.7 Å². The third-order valence-electron chi connectivity index (χ3n) is 2.79. The molecule has 0 aliphatic carbocycles. The van der Waals surface area contributed by atoms with Crippen molar-refractivity contribution in [3.63, 3.8) is 0 Å². The first-order chi connectivity index (χ1) is 10.2. The Bertz CT molecular complexity index is 503. The van der Waals surface area contributed by atoms with Gasteiger partial charge in [0.05, 0.1) is 13.2 Å². The summed E-state index contributed by atoms with van der Waals surface area (Å²) in [6.07, 6.45) is 0. The predicted octanol–water partition coefficient (Wildman–Crippen LogP) is 3.27. The zero-order valence-electron chi connectivity index (χ0n) is 13.5. The van der Waals surface area contributed by atoms with Crippen LogP contribution in [0.1, 0.15) is 26.3 Å². The lowest BCUT2D eigenvalue weighted by molar-refractivity contribution is -0.156. The molecule has 0 aromatic heterocycles. The number of rotatable bonds is 7. The van der Waals surface area contributed by atoms with Crippen LogP contribution in [0, 0.1) is 5.82 Å². The van der Waals surface area contributed by atoms with E-state index < -0.39 is 5.60 Å². The third kappa shape index (κ3) is 7.20. The maximum Gasteiger partial charge on any atom is 0.320 e. The Morgan fingerprint density at radius 2 is 2.05 bits per heavy atom. The first-order valence-electron chi connectivity index (χ1n) is 7.08. The van der Waals surface area contributed by atoms with Crippen LogP contribution in [-0.4, -0.2) is 43.3 Å². The number of ether oxygens (including phenoxy) is 2. The van der Waals surface area contributed by atoms with Gasteiger partial charge in [0.1, 0.15) is 11.4 Å². The number of nitrogens with zero attached hydrogens (tertiary/aromatic N) is 1. The van der Waals surface area contributed by atoms with Crippen LogP contribution < -0.4 is 0 Å². The molecule has 0 amide bonds. The van der Waals surface area contributed by atoms with Gasteiger partial charge in [-0.2, -0.15) is 0 Å². The summed E-state index contributed by atoms with van der Waals surface area (Å²) in [5.41, 5.74) is 0.222. The van der Waals surface area contributed by atoms with Gasteiger partial charge in [0.15, 0.2) is 0 Å². The predicted molar refractivity (Wildman–Crippen MR) is 84.4 cm³/mol. The number of halogens is 2. The number of methoxy groups -OCH3 is 1. The largest absolute Gasteiger partial charge is 0.459 e. The second kappa shape index (κ2) is 8.46.